The van der Waals surface area contributed by atoms with Gasteiger partial charge >= 0.3 is 0 Å². The summed E-state index contributed by atoms with van der Waals surface area (Å²) in [5, 5.41) is 3.66. The number of aryl methyl sites for hydroxylation is 1. The maximum atomic E-state index is 5.33. The Bertz CT molecular complexity index is 620. The predicted octanol–water partition coefficient (Wildman–Crippen LogP) is 3.52. The van der Waals surface area contributed by atoms with E-state index in [4.69, 9.17) is 9.72 Å². The molecule has 1 fully saturated rings. The molecule has 1 aliphatic rings. The predicted molar refractivity (Wildman–Crippen MR) is 85.7 cm³/mol. The van der Waals surface area contributed by atoms with Crippen molar-refractivity contribution in [3.05, 3.63) is 24.0 Å². The molecule has 1 aromatic heterocycles. The number of hydrogen-bond acceptors (Lipinski definition) is 3. The lowest BCUT2D eigenvalue weighted by molar-refractivity contribution is 0.288. The van der Waals surface area contributed by atoms with E-state index in [0.29, 0.717) is 12.0 Å². The average Bonchev–Trinajstić information content (AvgIpc) is 2.86. The standard InChI is InChI=1S/C17H25N3O/c1-4-10-20-15-8-7-13(21-3)11-14(15)19-17(20)16-12(2)6-5-9-18-16/h7-8,11-12,16,18H,4-6,9-10H2,1-3H3. The molecule has 0 radical (unpaired) electrons. The zero-order valence-corrected chi connectivity index (χ0v) is 13.2. The smallest absolute Gasteiger partial charge is 0.127 e. The highest BCUT2D eigenvalue weighted by molar-refractivity contribution is 5.78. The molecule has 2 unspecified atom stereocenters. The Kier molecular flexibility index (Phi) is 4.15. The van der Waals surface area contributed by atoms with Crippen molar-refractivity contribution in [1.82, 2.24) is 14.9 Å². The molecule has 0 aliphatic carbocycles. The van der Waals surface area contributed by atoms with Crippen LogP contribution in [0.15, 0.2) is 18.2 Å². The first-order valence-corrected chi connectivity index (χ1v) is 8.02. The number of fused-ring (bicyclic) bond motifs is 1. The fraction of sp³-hybridized carbons (Fsp3) is 0.588. The molecule has 1 aliphatic heterocycles. The van der Waals surface area contributed by atoms with Gasteiger partial charge in [-0.3, -0.25) is 0 Å². The normalized spacial score (nSPS) is 22.6. The van der Waals surface area contributed by atoms with Crippen LogP contribution in [-0.4, -0.2) is 23.2 Å². The zero-order chi connectivity index (χ0) is 14.8. The van der Waals surface area contributed by atoms with Gasteiger partial charge in [0.1, 0.15) is 11.6 Å². The van der Waals surface area contributed by atoms with Gasteiger partial charge in [0, 0.05) is 12.6 Å². The van der Waals surface area contributed by atoms with Gasteiger partial charge in [-0.05, 0) is 43.9 Å². The molecule has 1 aromatic carbocycles. The van der Waals surface area contributed by atoms with E-state index in [0.717, 1.165) is 30.8 Å². The van der Waals surface area contributed by atoms with Gasteiger partial charge in [0.05, 0.1) is 24.2 Å². The largest absolute Gasteiger partial charge is 0.497 e. The fourth-order valence-electron chi connectivity index (χ4n) is 3.35. The number of piperidine rings is 1. The third-order valence-corrected chi connectivity index (χ3v) is 4.48. The number of nitrogens with zero attached hydrogens (tertiary/aromatic N) is 2. The van der Waals surface area contributed by atoms with E-state index in [-0.39, 0.29) is 0 Å². The molecule has 0 spiro atoms. The summed E-state index contributed by atoms with van der Waals surface area (Å²) in [6.45, 7) is 6.65. The number of aromatic nitrogens is 2. The lowest BCUT2D eigenvalue weighted by Crippen LogP contribution is -2.34. The van der Waals surface area contributed by atoms with Gasteiger partial charge in [0.15, 0.2) is 0 Å². The molecule has 1 N–H and O–H groups in total. The summed E-state index contributed by atoms with van der Waals surface area (Å²) in [6.07, 6.45) is 3.65. The Balaban J connectivity index is 2.09. The molecule has 21 heavy (non-hydrogen) atoms. The number of benzene rings is 1. The third kappa shape index (κ3) is 2.64. The highest BCUT2D eigenvalue weighted by Crippen LogP contribution is 2.31. The molecule has 3 rings (SSSR count). The van der Waals surface area contributed by atoms with E-state index in [9.17, 15) is 0 Å². The van der Waals surface area contributed by atoms with Crippen molar-refractivity contribution in [2.75, 3.05) is 13.7 Å². The molecule has 2 heterocycles. The molecule has 2 aromatic rings. The summed E-state index contributed by atoms with van der Waals surface area (Å²) >= 11 is 0. The SMILES string of the molecule is CCCn1c(C2NCCCC2C)nc2cc(OC)ccc21. The minimum absolute atomic E-state index is 0.365. The highest BCUT2D eigenvalue weighted by Gasteiger charge is 2.27. The van der Waals surface area contributed by atoms with Gasteiger partial charge in [-0.2, -0.15) is 0 Å². The topological polar surface area (TPSA) is 39.1 Å². The van der Waals surface area contributed by atoms with E-state index in [1.54, 1.807) is 7.11 Å². The lowest BCUT2D eigenvalue weighted by Gasteiger charge is -2.30. The number of rotatable bonds is 4. The molecule has 0 bridgehead atoms. The van der Waals surface area contributed by atoms with E-state index in [2.05, 4.69) is 29.8 Å². The summed E-state index contributed by atoms with van der Waals surface area (Å²) in [4.78, 5) is 4.93. The fourth-order valence-corrected chi connectivity index (χ4v) is 3.35. The van der Waals surface area contributed by atoms with Crippen molar-refractivity contribution in [2.45, 2.75) is 45.7 Å². The van der Waals surface area contributed by atoms with Crippen molar-refractivity contribution in [3.8, 4) is 5.75 Å². The van der Waals surface area contributed by atoms with Crippen LogP contribution in [0, 0.1) is 5.92 Å². The third-order valence-electron chi connectivity index (χ3n) is 4.48. The molecule has 4 nitrogen and oxygen atoms in total. The van der Waals surface area contributed by atoms with Crippen LogP contribution in [0.25, 0.3) is 11.0 Å². The molecule has 114 valence electrons. The number of methoxy groups -OCH3 is 1. The highest BCUT2D eigenvalue weighted by atomic mass is 16.5. The number of ether oxygens (including phenoxy) is 1. The first-order chi connectivity index (χ1) is 10.2. The second-order valence-corrected chi connectivity index (χ2v) is 6.03. The van der Waals surface area contributed by atoms with Crippen molar-refractivity contribution in [2.24, 2.45) is 5.92 Å². The summed E-state index contributed by atoms with van der Waals surface area (Å²) in [6, 6.07) is 6.56. The van der Waals surface area contributed by atoms with Gasteiger partial charge in [-0.25, -0.2) is 4.98 Å². The molecule has 0 amide bonds. The number of nitrogens with one attached hydrogen (secondary N) is 1. The first-order valence-electron chi connectivity index (χ1n) is 8.02. The average molecular weight is 287 g/mol. The molecule has 4 heteroatoms. The summed E-state index contributed by atoms with van der Waals surface area (Å²) in [5.74, 6) is 2.69. The first kappa shape index (κ1) is 14.4. The molecule has 0 saturated carbocycles. The Morgan fingerprint density at radius 3 is 3.00 bits per heavy atom. The summed E-state index contributed by atoms with van der Waals surface area (Å²) < 4.78 is 7.72. The van der Waals surface area contributed by atoms with E-state index >= 15 is 0 Å². The maximum Gasteiger partial charge on any atom is 0.127 e. The van der Waals surface area contributed by atoms with E-state index in [1.807, 2.05) is 12.1 Å². The summed E-state index contributed by atoms with van der Waals surface area (Å²) in [5.41, 5.74) is 2.25. The van der Waals surface area contributed by atoms with Crippen LogP contribution < -0.4 is 10.1 Å². The van der Waals surface area contributed by atoms with Crippen LogP contribution in [0.4, 0.5) is 0 Å². The van der Waals surface area contributed by atoms with Gasteiger partial charge in [0.2, 0.25) is 0 Å². The second-order valence-electron chi connectivity index (χ2n) is 6.03. The monoisotopic (exact) mass is 287 g/mol. The number of imidazole rings is 1. The Morgan fingerprint density at radius 1 is 1.43 bits per heavy atom. The lowest BCUT2D eigenvalue weighted by atomic mass is 9.92. The van der Waals surface area contributed by atoms with Crippen molar-refractivity contribution in [1.29, 1.82) is 0 Å². The quantitative estimate of drug-likeness (QED) is 0.935. The van der Waals surface area contributed by atoms with E-state index < -0.39 is 0 Å². The van der Waals surface area contributed by atoms with Gasteiger partial charge in [-0.15, -0.1) is 0 Å². The molecular weight excluding hydrogens is 262 g/mol. The van der Waals surface area contributed by atoms with Crippen LogP contribution in [0.1, 0.15) is 45.0 Å². The Hall–Kier alpha value is -1.55. The van der Waals surface area contributed by atoms with Crippen LogP contribution in [0.2, 0.25) is 0 Å². The van der Waals surface area contributed by atoms with Crippen LogP contribution >= 0.6 is 0 Å². The minimum atomic E-state index is 0.365. The molecule has 1 saturated heterocycles. The minimum Gasteiger partial charge on any atom is -0.497 e. The number of hydrogen-bond donors (Lipinski definition) is 1. The summed E-state index contributed by atoms with van der Waals surface area (Å²) in [7, 11) is 1.70. The molecule has 2 atom stereocenters. The van der Waals surface area contributed by atoms with Gasteiger partial charge in [-0.1, -0.05) is 13.8 Å². The van der Waals surface area contributed by atoms with Crippen molar-refractivity contribution >= 4 is 11.0 Å². The van der Waals surface area contributed by atoms with Gasteiger partial charge < -0.3 is 14.6 Å². The second kappa shape index (κ2) is 6.06. The Labute approximate surface area is 126 Å². The van der Waals surface area contributed by atoms with Crippen LogP contribution in [0.5, 0.6) is 5.75 Å². The van der Waals surface area contributed by atoms with Crippen molar-refractivity contribution < 1.29 is 4.74 Å². The Morgan fingerprint density at radius 2 is 2.29 bits per heavy atom. The maximum absolute atomic E-state index is 5.33. The van der Waals surface area contributed by atoms with Crippen molar-refractivity contribution in [3.63, 3.8) is 0 Å². The molecular formula is C17H25N3O. The van der Waals surface area contributed by atoms with Gasteiger partial charge in [0.25, 0.3) is 0 Å². The van der Waals surface area contributed by atoms with Crippen LogP contribution in [0.3, 0.4) is 0 Å². The van der Waals surface area contributed by atoms with Crippen LogP contribution in [-0.2, 0) is 6.54 Å². The van der Waals surface area contributed by atoms with E-state index in [1.165, 1.54) is 24.2 Å². The zero-order valence-electron chi connectivity index (χ0n) is 13.2.